The zero-order valence-electron chi connectivity index (χ0n) is 24.6. The molecule has 0 atom stereocenters. The Labute approximate surface area is 271 Å². The Morgan fingerprint density at radius 1 is 0.913 bits per heavy atom. The molecule has 0 spiro atoms. The van der Waals surface area contributed by atoms with Gasteiger partial charge in [0.25, 0.3) is 5.91 Å². The summed E-state index contributed by atoms with van der Waals surface area (Å²) in [5, 5.41) is 21.3. The minimum absolute atomic E-state index is 0. The smallest absolute Gasteiger partial charge is 0.271 e. The molecule has 7 rings (SSSR count). The van der Waals surface area contributed by atoms with Crippen LogP contribution in [0.4, 0.5) is 5.82 Å². The molecular weight excluding hydrogens is 595 g/mol. The van der Waals surface area contributed by atoms with Crippen LogP contribution in [0.25, 0.3) is 21.0 Å². The van der Waals surface area contributed by atoms with Gasteiger partial charge in [-0.05, 0) is 78.3 Å². The third kappa shape index (κ3) is 7.24. The summed E-state index contributed by atoms with van der Waals surface area (Å²) >= 11 is 1.80. The first-order valence-corrected chi connectivity index (χ1v) is 15.4. The first kappa shape index (κ1) is 31.9. The number of benzene rings is 3. The quantitative estimate of drug-likeness (QED) is 0.128. The van der Waals surface area contributed by atoms with Gasteiger partial charge in [-0.25, -0.2) is 15.4 Å². The molecule has 3 aromatic heterocycles. The molecule has 232 valence electrons. The van der Waals surface area contributed by atoms with E-state index in [9.17, 15) is 9.90 Å². The Balaban J connectivity index is 0.000000178. The van der Waals surface area contributed by atoms with Gasteiger partial charge in [0.15, 0.2) is 5.82 Å². The summed E-state index contributed by atoms with van der Waals surface area (Å²) in [7, 11) is 0. The fourth-order valence-corrected chi connectivity index (χ4v) is 6.44. The van der Waals surface area contributed by atoms with Gasteiger partial charge in [-0.15, -0.1) is 11.3 Å². The molecule has 9 nitrogen and oxygen atoms in total. The second-order valence-electron chi connectivity index (χ2n) is 10.5. The number of hydrogen-bond donors (Lipinski definition) is 3. The molecule has 10 heteroatoms. The van der Waals surface area contributed by atoms with E-state index in [1.807, 2.05) is 48.7 Å². The number of rotatable bonds is 6. The molecular formula is C36H35N7O2S. The maximum Gasteiger partial charge on any atom is 0.271 e. The summed E-state index contributed by atoms with van der Waals surface area (Å²) < 4.78 is 0. The number of phenols is 1. The summed E-state index contributed by atoms with van der Waals surface area (Å²) in [6, 6.07) is 22.5. The molecule has 3 N–H and O–H groups in total. The maximum absolute atomic E-state index is 11.9. The molecule has 1 aliphatic carbocycles. The van der Waals surface area contributed by atoms with Gasteiger partial charge < -0.3 is 5.11 Å². The van der Waals surface area contributed by atoms with Crippen LogP contribution in [0.5, 0.6) is 5.75 Å². The van der Waals surface area contributed by atoms with Crippen molar-refractivity contribution < 1.29 is 9.90 Å². The van der Waals surface area contributed by atoms with E-state index in [1.54, 1.807) is 35.9 Å². The van der Waals surface area contributed by atoms with E-state index in [2.05, 4.69) is 55.1 Å². The number of carbonyl (C=O) groups excluding carboxylic acids is 1. The number of hydrazone groups is 2. The highest BCUT2D eigenvalue weighted by atomic mass is 32.1. The molecule has 6 aromatic rings. The number of fused-ring (bicyclic) bond motifs is 4. The van der Waals surface area contributed by atoms with E-state index in [0.29, 0.717) is 11.1 Å². The SMILES string of the molecule is C.Cc1ccccc1/C=N/Nc1ncnc2sc3c(c12)CCCC3.O=C(N/N=C/c1c(O)ccc2ccccc12)c1ccncc1. The summed E-state index contributed by atoms with van der Waals surface area (Å²) in [6.45, 7) is 2.08. The topological polar surface area (TPSA) is 125 Å². The maximum atomic E-state index is 11.9. The Kier molecular flexibility index (Phi) is 10.4. The van der Waals surface area contributed by atoms with Gasteiger partial charge in [0.2, 0.25) is 0 Å². The van der Waals surface area contributed by atoms with Crippen molar-refractivity contribution in [3.8, 4) is 5.75 Å². The van der Waals surface area contributed by atoms with Gasteiger partial charge in [0.05, 0.1) is 17.8 Å². The van der Waals surface area contributed by atoms with Crippen LogP contribution in [0.15, 0.2) is 102 Å². The van der Waals surface area contributed by atoms with Gasteiger partial charge in [-0.2, -0.15) is 10.2 Å². The third-order valence-electron chi connectivity index (χ3n) is 7.56. The highest BCUT2D eigenvalue weighted by molar-refractivity contribution is 7.19. The first-order chi connectivity index (χ1) is 22.1. The van der Waals surface area contributed by atoms with Crippen LogP contribution in [-0.4, -0.2) is 38.4 Å². The molecule has 1 aliphatic rings. The average Bonchev–Trinajstić information content (AvgIpc) is 3.47. The number of amides is 1. The molecule has 0 aliphatic heterocycles. The lowest BCUT2D eigenvalue weighted by molar-refractivity contribution is 0.0955. The number of hydrogen-bond acceptors (Lipinski definition) is 9. The summed E-state index contributed by atoms with van der Waals surface area (Å²) in [4.78, 5) is 27.1. The van der Waals surface area contributed by atoms with Gasteiger partial charge in [-0.3, -0.25) is 15.2 Å². The van der Waals surface area contributed by atoms with Gasteiger partial charge >= 0.3 is 0 Å². The largest absolute Gasteiger partial charge is 0.507 e. The number of aromatic hydroxyl groups is 1. The minimum atomic E-state index is -0.335. The fourth-order valence-electron chi connectivity index (χ4n) is 5.21. The number of anilines is 1. The zero-order chi connectivity index (χ0) is 31.0. The van der Waals surface area contributed by atoms with Crippen molar-refractivity contribution in [2.45, 2.75) is 40.0 Å². The predicted molar refractivity (Wildman–Crippen MR) is 188 cm³/mol. The minimum Gasteiger partial charge on any atom is -0.507 e. The fraction of sp³-hybridized carbons (Fsp3) is 0.167. The van der Waals surface area contributed by atoms with Crippen molar-refractivity contribution in [3.63, 3.8) is 0 Å². The molecule has 3 heterocycles. The van der Waals surface area contributed by atoms with Gasteiger partial charge in [0, 0.05) is 28.4 Å². The first-order valence-electron chi connectivity index (χ1n) is 14.6. The Morgan fingerprint density at radius 2 is 1.70 bits per heavy atom. The van der Waals surface area contributed by atoms with Crippen LogP contribution in [0.1, 0.15) is 57.8 Å². The van der Waals surface area contributed by atoms with Crippen LogP contribution < -0.4 is 10.9 Å². The number of nitrogens with one attached hydrogen (secondary N) is 2. The Hall–Kier alpha value is -5.48. The summed E-state index contributed by atoms with van der Waals surface area (Å²) in [6.07, 6.45) is 12.8. The average molecular weight is 630 g/mol. The van der Waals surface area contributed by atoms with Crippen molar-refractivity contribution in [2.24, 2.45) is 10.2 Å². The lowest BCUT2D eigenvalue weighted by Gasteiger charge is -2.11. The van der Waals surface area contributed by atoms with Crippen LogP contribution in [0.3, 0.4) is 0 Å². The van der Waals surface area contributed by atoms with Crippen LogP contribution >= 0.6 is 11.3 Å². The number of aromatic nitrogens is 3. The summed E-state index contributed by atoms with van der Waals surface area (Å²) in [5.41, 5.74) is 10.3. The van der Waals surface area contributed by atoms with Gasteiger partial charge in [-0.1, -0.05) is 62.0 Å². The monoisotopic (exact) mass is 629 g/mol. The lowest BCUT2D eigenvalue weighted by atomic mass is 9.97. The number of phenolic OH excluding ortho intramolecular Hbond substituents is 1. The van der Waals surface area contributed by atoms with E-state index in [4.69, 9.17) is 0 Å². The van der Waals surface area contributed by atoms with Crippen molar-refractivity contribution >= 4 is 56.5 Å². The molecule has 0 saturated heterocycles. The van der Waals surface area contributed by atoms with Crippen molar-refractivity contribution in [1.29, 1.82) is 0 Å². The van der Waals surface area contributed by atoms with Crippen molar-refractivity contribution in [2.75, 3.05) is 5.43 Å². The highest BCUT2D eigenvalue weighted by Crippen LogP contribution is 2.38. The molecule has 3 aromatic carbocycles. The lowest BCUT2D eigenvalue weighted by Crippen LogP contribution is -2.17. The highest BCUT2D eigenvalue weighted by Gasteiger charge is 2.19. The Morgan fingerprint density at radius 3 is 2.54 bits per heavy atom. The molecule has 0 radical (unpaired) electrons. The van der Waals surface area contributed by atoms with Crippen LogP contribution in [-0.2, 0) is 12.8 Å². The molecule has 0 unspecified atom stereocenters. The zero-order valence-corrected chi connectivity index (χ0v) is 25.5. The molecule has 0 bridgehead atoms. The second-order valence-corrected chi connectivity index (χ2v) is 11.6. The third-order valence-corrected chi connectivity index (χ3v) is 8.76. The number of pyridine rings is 1. The van der Waals surface area contributed by atoms with E-state index in [-0.39, 0.29) is 19.1 Å². The number of carbonyl (C=O) groups is 1. The van der Waals surface area contributed by atoms with E-state index < -0.39 is 0 Å². The standard InChI is InChI=1S/C18H18N4S.C17H13N3O2.CH4/c1-12-6-2-3-7-13(12)10-21-22-17-16-14-8-4-5-9-15(14)23-18(16)20-11-19-17;21-16-6-5-12-3-1-2-4-14(12)15(16)11-19-20-17(22)13-7-9-18-10-8-13;/h2-3,6-7,10-11H,4-5,8-9H2,1H3,(H,19,20,22);1-11,21H,(H,20,22);1H4/b21-10+;19-11+;. The normalized spacial score (nSPS) is 12.4. The van der Waals surface area contributed by atoms with E-state index >= 15 is 0 Å². The van der Waals surface area contributed by atoms with Crippen LogP contribution in [0, 0.1) is 6.92 Å². The van der Waals surface area contributed by atoms with E-state index in [1.165, 1.54) is 53.9 Å². The van der Waals surface area contributed by atoms with Crippen molar-refractivity contribution in [3.05, 3.63) is 124 Å². The number of aryl methyl sites for hydroxylation is 3. The molecule has 0 fully saturated rings. The van der Waals surface area contributed by atoms with Crippen LogP contribution in [0.2, 0.25) is 0 Å². The molecule has 46 heavy (non-hydrogen) atoms. The van der Waals surface area contributed by atoms with Crippen molar-refractivity contribution in [1.82, 2.24) is 20.4 Å². The molecule has 0 saturated carbocycles. The van der Waals surface area contributed by atoms with E-state index in [0.717, 1.165) is 38.8 Å². The summed E-state index contributed by atoms with van der Waals surface area (Å²) in [5.74, 6) is 0.596. The van der Waals surface area contributed by atoms with Gasteiger partial charge in [0.1, 0.15) is 16.9 Å². The predicted octanol–water partition coefficient (Wildman–Crippen LogP) is 7.66. The number of nitrogens with zero attached hydrogens (tertiary/aromatic N) is 5. The molecule has 1 amide bonds. The Bertz CT molecular complexity index is 2020. The second kappa shape index (κ2) is 15.0. The number of thiophene rings is 1.